The molecule has 0 radical (unpaired) electrons. The van der Waals surface area contributed by atoms with Gasteiger partial charge in [-0.1, -0.05) is 0 Å². The van der Waals surface area contributed by atoms with Crippen molar-refractivity contribution in [3.05, 3.63) is 0 Å². The lowest BCUT2D eigenvalue weighted by Gasteiger charge is -2.21. The van der Waals surface area contributed by atoms with Crippen LogP contribution in [0.5, 0.6) is 0 Å². The van der Waals surface area contributed by atoms with Gasteiger partial charge in [0.25, 0.3) is 0 Å². The Labute approximate surface area is 99.7 Å². The molecule has 0 aromatic rings. The molecule has 1 heterocycles. The summed E-state index contributed by atoms with van der Waals surface area (Å²) in [6.07, 6.45) is 4.65. The average molecular weight is 258 g/mol. The second-order valence-corrected chi connectivity index (χ2v) is 6.31. The van der Waals surface area contributed by atoms with E-state index < -0.39 is 21.3 Å². The fourth-order valence-electron chi connectivity index (χ4n) is 1.86. The first-order valence-corrected chi connectivity index (χ1v) is 7.02. The maximum Gasteiger partial charge on any atom is 0.241 e. The molecule has 94 valence electrons. The molecule has 2 aliphatic rings. The zero-order chi connectivity index (χ0) is 12.7. The number of amides is 1. The zero-order valence-corrected chi connectivity index (χ0v) is 10.4. The Hall–Kier alpha value is -1.44. The number of carbonyl (C=O) groups is 1. The Morgan fingerprint density at radius 1 is 1.59 bits per heavy atom. The van der Waals surface area contributed by atoms with Gasteiger partial charge < -0.3 is 4.90 Å². The molecule has 7 nitrogen and oxygen atoms in total. The number of sulfonamides is 1. The Balaban J connectivity index is 2.02. The highest BCUT2D eigenvalue weighted by molar-refractivity contribution is 7.89. The van der Waals surface area contributed by atoms with Gasteiger partial charge in [-0.15, -0.1) is 0 Å². The van der Waals surface area contributed by atoms with E-state index in [0.29, 0.717) is 13.1 Å². The highest BCUT2D eigenvalue weighted by Gasteiger charge is 2.59. The van der Waals surface area contributed by atoms with E-state index in [4.69, 9.17) is 0 Å². The summed E-state index contributed by atoms with van der Waals surface area (Å²) in [4.78, 5) is 21.5. The summed E-state index contributed by atoms with van der Waals surface area (Å²) in [5.41, 5.74) is -0.679. The Kier molecular flexibility index (Phi) is 2.69. The third kappa shape index (κ3) is 2.46. The molecule has 2 unspecified atom stereocenters. The topological polar surface area (TPSA) is 91.2 Å². The van der Waals surface area contributed by atoms with E-state index in [2.05, 4.69) is 9.98 Å². The van der Waals surface area contributed by atoms with Crippen molar-refractivity contribution in [1.82, 2.24) is 9.62 Å². The third-order valence-electron chi connectivity index (χ3n) is 3.00. The van der Waals surface area contributed by atoms with Crippen LogP contribution in [0, 0.1) is 5.41 Å². The normalized spacial score (nSPS) is 31.4. The maximum atomic E-state index is 11.8. The van der Waals surface area contributed by atoms with Crippen LogP contribution in [0.25, 0.3) is 0 Å². The standard InChI is InChI=1S/C9H14N4O3S/c1-9(8(14)12-17(2,15)16)3-7(9)13-5-10-4-11-6-13/h4-5,7H,3,6H2,1-2H3,(H,12,14). The molecule has 1 aliphatic carbocycles. The maximum absolute atomic E-state index is 11.8. The lowest BCUT2D eigenvalue weighted by atomic mass is 10.1. The smallest absolute Gasteiger partial charge is 0.241 e. The predicted molar refractivity (Wildman–Crippen MR) is 63.2 cm³/mol. The average Bonchev–Trinajstić information content (AvgIpc) is 2.91. The van der Waals surface area contributed by atoms with Gasteiger partial charge in [-0.3, -0.25) is 14.5 Å². The third-order valence-corrected chi connectivity index (χ3v) is 3.55. The van der Waals surface area contributed by atoms with E-state index in [1.54, 1.807) is 13.3 Å². The van der Waals surface area contributed by atoms with Crippen LogP contribution in [0.3, 0.4) is 0 Å². The zero-order valence-electron chi connectivity index (χ0n) is 9.62. The highest BCUT2D eigenvalue weighted by atomic mass is 32.2. The van der Waals surface area contributed by atoms with Crippen LogP contribution in [0.4, 0.5) is 0 Å². The molecule has 0 saturated heterocycles. The monoisotopic (exact) mass is 258 g/mol. The number of hydrogen-bond acceptors (Lipinski definition) is 6. The summed E-state index contributed by atoms with van der Waals surface area (Å²) in [6, 6.07) is -0.0366. The molecule has 0 bridgehead atoms. The molecule has 0 spiro atoms. The van der Waals surface area contributed by atoms with Crippen LogP contribution in [0.15, 0.2) is 9.98 Å². The first-order valence-electron chi connectivity index (χ1n) is 5.12. The molecular weight excluding hydrogens is 244 g/mol. The number of carbonyl (C=O) groups excluding carboxylic acids is 1. The number of hydrogen-bond donors (Lipinski definition) is 1. The first-order chi connectivity index (χ1) is 7.83. The second kappa shape index (κ2) is 3.80. The SMILES string of the molecule is CC1(C(=O)NS(C)(=O)=O)CC1N1C=NC=NC1. The van der Waals surface area contributed by atoms with Crippen LogP contribution >= 0.6 is 0 Å². The molecule has 1 amide bonds. The Morgan fingerprint density at radius 3 is 2.82 bits per heavy atom. The van der Waals surface area contributed by atoms with Crippen molar-refractivity contribution in [1.29, 1.82) is 0 Å². The Bertz CT molecular complexity index is 498. The fraction of sp³-hybridized carbons (Fsp3) is 0.667. The van der Waals surface area contributed by atoms with Crippen molar-refractivity contribution >= 4 is 28.6 Å². The van der Waals surface area contributed by atoms with Gasteiger partial charge in [0.2, 0.25) is 15.9 Å². The van der Waals surface area contributed by atoms with Gasteiger partial charge in [0, 0.05) is 6.04 Å². The predicted octanol–water partition coefficient (Wildman–Crippen LogP) is -0.829. The first kappa shape index (κ1) is 12.0. The van der Waals surface area contributed by atoms with Crippen molar-refractivity contribution < 1.29 is 13.2 Å². The van der Waals surface area contributed by atoms with E-state index in [-0.39, 0.29) is 6.04 Å². The summed E-state index contributed by atoms with van der Waals surface area (Å²) in [5, 5.41) is 0. The number of nitrogens with zero attached hydrogens (tertiary/aromatic N) is 3. The molecule has 0 aromatic carbocycles. The van der Waals surface area contributed by atoms with Gasteiger partial charge in [-0.2, -0.15) is 0 Å². The lowest BCUT2D eigenvalue weighted by Crippen LogP contribution is -2.40. The number of rotatable bonds is 3. The molecule has 17 heavy (non-hydrogen) atoms. The van der Waals surface area contributed by atoms with Crippen molar-refractivity contribution in [2.75, 3.05) is 12.9 Å². The second-order valence-electron chi connectivity index (χ2n) is 4.56. The summed E-state index contributed by atoms with van der Waals surface area (Å²) >= 11 is 0. The molecule has 1 aliphatic heterocycles. The minimum Gasteiger partial charge on any atom is -0.339 e. The molecular formula is C9H14N4O3S. The van der Waals surface area contributed by atoms with Crippen molar-refractivity contribution in [2.24, 2.45) is 15.4 Å². The van der Waals surface area contributed by atoms with Crippen molar-refractivity contribution in [3.8, 4) is 0 Å². The van der Waals surface area contributed by atoms with E-state index in [1.807, 2.05) is 9.62 Å². The minimum absolute atomic E-state index is 0.0366. The van der Waals surface area contributed by atoms with Crippen molar-refractivity contribution in [3.63, 3.8) is 0 Å². The van der Waals surface area contributed by atoms with Gasteiger partial charge in [0.1, 0.15) is 13.0 Å². The molecule has 1 N–H and O–H groups in total. The van der Waals surface area contributed by atoms with Gasteiger partial charge >= 0.3 is 0 Å². The Morgan fingerprint density at radius 2 is 2.29 bits per heavy atom. The van der Waals surface area contributed by atoms with Gasteiger partial charge in [-0.25, -0.2) is 13.4 Å². The summed E-state index contributed by atoms with van der Waals surface area (Å²) in [7, 11) is -3.50. The molecule has 8 heteroatoms. The highest BCUT2D eigenvalue weighted by Crippen LogP contribution is 2.49. The van der Waals surface area contributed by atoms with Gasteiger partial charge in [0.05, 0.1) is 18.0 Å². The molecule has 2 atom stereocenters. The van der Waals surface area contributed by atoms with E-state index in [1.165, 1.54) is 6.34 Å². The van der Waals surface area contributed by atoms with Gasteiger partial charge in [0.15, 0.2) is 0 Å². The summed E-state index contributed by atoms with van der Waals surface area (Å²) in [5.74, 6) is -0.465. The molecule has 2 rings (SSSR count). The van der Waals surface area contributed by atoms with Gasteiger partial charge in [-0.05, 0) is 13.3 Å². The van der Waals surface area contributed by atoms with E-state index >= 15 is 0 Å². The minimum atomic E-state index is -3.50. The lowest BCUT2D eigenvalue weighted by molar-refractivity contribution is -0.124. The largest absolute Gasteiger partial charge is 0.339 e. The van der Waals surface area contributed by atoms with E-state index in [0.717, 1.165) is 6.26 Å². The molecule has 1 fully saturated rings. The summed E-state index contributed by atoms with van der Waals surface area (Å²) in [6.45, 7) is 2.19. The van der Waals surface area contributed by atoms with Crippen LogP contribution in [0.2, 0.25) is 0 Å². The fourth-order valence-corrected chi connectivity index (χ4v) is 2.43. The number of aliphatic imine (C=N–C) groups is 2. The van der Waals surface area contributed by atoms with Crippen LogP contribution in [-0.2, 0) is 14.8 Å². The summed E-state index contributed by atoms with van der Waals surface area (Å²) < 4.78 is 24.0. The quantitative estimate of drug-likeness (QED) is 0.715. The van der Waals surface area contributed by atoms with Crippen molar-refractivity contribution in [2.45, 2.75) is 19.4 Å². The molecule has 0 aromatic heterocycles. The van der Waals surface area contributed by atoms with Crippen LogP contribution in [-0.4, -0.2) is 50.9 Å². The molecule has 1 saturated carbocycles. The van der Waals surface area contributed by atoms with Crippen LogP contribution < -0.4 is 4.72 Å². The van der Waals surface area contributed by atoms with Crippen LogP contribution in [0.1, 0.15) is 13.3 Å². The van der Waals surface area contributed by atoms with E-state index in [9.17, 15) is 13.2 Å². The number of nitrogens with one attached hydrogen (secondary N) is 1.